The van der Waals surface area contributed by atoms with Crippen molar-refractivity contribution < 1.29 is 22.3 Å². The number of methoxy groups -OCH3 is 1. The van der Waals surface area contributed by atoms with E-state index in [2.05, 4.69) is 6.58 Å². The van der Waals surface area contributed by atoms with Crippen LogP contribution in [0.15, 0.2) is 60.0 Å². The molecule has 0 saturated heterocycles. The maximum atomic E-state index is 13.8. The van der Waals surface area contributed by atoms with Gasteiger partial charge in [0.05, 0.1) is 12.0 Å². The molecule has 0 spiro atoms. The first-order valence-corrected chi connectivity index (χ1v) is 8.95. The molecule has 2 rings (SSSR count). The SMILES string of the molecule is C=CCOc1cccc(CN(C)S(=O)(=O)c2ccc(OC)c(F)c2)c1. The fourth-order valence-electron chi connectivity index (χ4n) is 2.22. The normalized spacial score (nSPS) is 11.4. The van der Waals surface area contributed by atoms with Crippen molar-refractivity contribution in [3.8, 4) is 11.5 Å². The van der Waals surface area contributed by atoms with E-state index >= 15 is 0 Å². The van der Waals surface area contributed by atoms with Crippen LogP contribution in [0, 0.1) is 5.82 Å². The second kappa shape index (κ2) is 8.13. The molecule has 134 valence electrons. The molecule has 0 amide bonds. The van der Waals surface area contributed by atoms with Gasteiger partial charge < -0.3 is 9.47 Å². The lowest BCUT2D eigenvalue weighted by Gasteiger charge is -2.18. The monoisotopic (exact) mass is 365 g/mol. The number of benzene rings is 2. The van der Waals surface area contributed by atoms with E-state index in [1.165, 1.54) is 26.3 Å². The Morgan fingerprint density at radius 2 is 2.00 bits per heavy atom. The average Bonchev–Trinajstić information content (AvgIpc) is 2.60. The van der Waals surface area contributed by atoms with Crippen LogP contribution in [-0.4, -0.2) is 33.5 Å². The van der Waals surface area contributed by atoms with Gasteiger partial charge in [-0.25, -0.2) is 12.8 Å². The first-order chi connectivity index (χ1) is 11.9. The first-order valence-electron chi connectivity index (χ1n) is 7.51. The third kappa shape index (κ3) is 4.58. The highest BCUT2D eigenvalue weighted by molar-refractivity contribution is 7.89. The van der Waals surface area contributed by atoms with Gasteiger partial charge in [0.1, 0.15) is 12.4 Å². The summed E-state index contributed by atoms with van der Waals surface area (Å²) in [4.78, 5) is -0.132. The van der Waals surface area contributed by atoms with Crippen LogP contribution >= 0.6 is 0 Å². The Balaban J connectivity index is 2.20. The van der Waals surface area contributed by atoms with Gasteiger partial charge in [0.2, 0.25) is 10.0 Å². The predicted molar refractivity (Wildman–Crippen MR) is 93.7 cm³/mol. The summed E-state index contributed by atoms with van der Waals surface area (Å²) in [7, 11) is -1.07. The maximum absolute atomic E-state index is 13.8. The van der Waals surface area contributed by atoms with E-state index in [1.807, 2.05) is 0 Å². The molecule has 0 heterocycles. The molecule has 0 aromatic heterocycles. The van der Waals surface area contributed by atoms with Gasteiger partial charge >= 0.3 is 0 Å². The van der Waals surface area contributed by atoms with Crippen LogP contribution in [0.25, 0.3) is 0 Å². The highest BCUT2D eigenvalue weighted by atomic mass is 32.2. The van der Waals surface area contributed by atoms with Gasteiger partial charge in [-0.15, -0.1) is 0 Å². The van der Waals surface area contributed by atoms with Gasteiger partial charge in [-0.05, 0) is 35.9 Å². The molecule has 0 aliphatic heterocycles. The molecule has 0 aliphatic rings. The second-order valence-electron chi connectivity index (χ2n) is 5.30. The minimum atomic E-state index is -3.83. The fraction of sp³-hybridized carbons (Fsp3) is 0.222. The van der Waals surface area contributed by atoms with E-state index in [-0.39, 0.29) is 17.2 Å². The smallest absolute Gasteiger partial charge is 0.243 e. The zero-order valence-corrected chi connectivity index (χ0v) is 14.9. The maximum Gasteiger partial charge on any atom is 0.243 e. The Kier molecular flexibility index (Phi) is 6.17. The lowest BCUT2D eigenvalue weighted by Crippen LogP contribution is -2.26. The number of ether oxygens (including phenoxy) is 2. The molecule has 7 heteroatoms. The molecule has 0 fully saturated rings. The lowest BCUT2D eigenvalue weighted by atomic mass is 10.2. The van der Waals surface area contributed by atoms with Crippen molar-refractivity contribution in [2.24, 2.45) is 0 Å². The topological polar surface area (TPSA) is 55.8 Å². The number of nitrogens with zero attached hydrogens (tertiary/aromatic N) is 1. The van der Waals surface area contributed by atoms with Crippen molar-refractivity contribution >= 4 is 10.0 Å². The highest BCUT2D eigenvalue weighted by Crippen LogP contribution is 2.24. The van der Waals surface area contributed by atoms with E-state index < -0.39 is 15.8 Å². The number of sulfonamides is 1. The number of rotatable bonds is 8. The van der Waals surface area contributed by atoms with E-state index in [4.69, 9.17) is 9.47 Å². The molecular formula is C18H20FNO4S. The van der Waals surface area contributed by atoms with Crippen molar-refractivity contribution in [2.45, 2.75) is 11.4 Å². The van der Waals surface area contributed by atoms with Gasteiger partial charge in [0.25, 0.3) is 0 Å². The van der Waals surface area contributed by atoms with E-state index in [0.717, 1.165) is 15.9 Å². The highest BCUT2D eigenvalue weighted by Gasteiger charge is 2.22. The Bertz CT molecular complexity index is 852. The van der Waals surface area contributed by atoms with Gasteiger partial charge in [-0.3, -0.25) is 0 Å². The number of hydrogen-bond donors (Lipinski definition) is 0. The van der Waals surface area contributed by atoms with Crippen molar-refractivity contribution in [1.29, 1.82) is 0 Å². The largest absolute Gasteiger partial charge is 0.494 e. The van der Waals surface area contributed by atoms with Crippen LogP contribution < -0.4 is 9.47 Å². The molecule has 0 N–H and O–H groups in total. The Hall–Kier alpha value is -2.38. The summed E-state index contributed by atoms with van der Waals surface area (Å²) in [6, 6.07) is 10.7. The first kappa shape index (κ1) is 19.0. The number of hydrogen-bond acceptors (Lipinski definition) is 4. The molecule has 5 nitrogen and oxygen atoms in total. The summed E-state index contributed by atoms with van der Waals surface area (Å²) in [6.45, 7) is 4.07. The van der Waals surface area contributed by atoms with Crippen molar-refractivity contribution in [3.05, 3.63) is 66.5 Å². The van der Waals surface area contributed by atoms with Crippen LogP contribution in [0.5, 0.6) is 11.5 Å². The standard InChI is InChI=1S/C18H20FNO4S/c1-4-10-24-15-7-5-6-14(11-15)13-20(2)25(21,22)16-8-9-18(23-3)17(19)12-16/h4-9,11-12H,1,10,13H2,2-3H3. The third-order valence-corrected chi connectivity index (χ3v) is 5.30. The summed E-state index contributed by atoms with van der Waals surface area (Å²) in [6.07, 6.45) is 1.63. The molecule has 2 aromatic rings. The van der Waals surface area contributed by atoms with E-state index in [9.17, 15) is 12.8 Å². The van der Waals surface area contributed by atoms with E-state index in [1.54, 1.807) is 30.3 Å². The van der Waals surface area contributed by atoms with Crippen molar-refractivity contribution in [3.63, 3.8) is 0 Å². The fourth-order valence-corrected chi connectivity index (χ4v) is 3.39. The van der Waals surface area contributed by atoms with Crippen molar-refractivity contribution in [1.82, 2.24) is 4.31 Å². The Morgan fingerprint density at radius 1 is 1.24 bits per heavy atom. The minimum absolute atomic E-state index is 0.00586. The summed E-state index contributed by atoms with van der Waals surface area (Å²) in [5.74, 6) is -0.107. The van der Waals surface area contributed by atoms with Crippen molar-refractivity contribution in [2.75, 3.05) is 20.8 Å². The van der Waals surface area contributed by atoms with Crippen LogP contribution in [0.4, 0.5) is 4.39 Å². The Morgan fingerprint density at radius 3 is 2.64 bits per heavy atom. The summed E-state index contributed by atoms with van der Waals surface area (Å²) < 4.78 is 50.5. The molecular weight excluding hydrogens is 345 g/mol. The van der Waals surface area contributed by atoms with Gasteiger partial charge in [0, 0.05) is 13.6 Å². The minimum Gasteiger partial charge on any atom is -0.494 e. The van der Waals surface area contributed by atoms with Crippen LogP contribution in [0.3, 0.4) is 0 Å². The summed E-state index contributed by atoms with van der Waals surface area (Å²) in [5.41, 5.74) is 0.752. The zero-order chi connectivity index (χ0) is 18.4. The van der Waals surface area contributed by atoms with Crippen LogP contribution in [0.2, 0.25) is 0 Å². The molecule has 25 heavy (non-hydrogen) atoms. The van der Waals surface area contributed by atoms with Gasteiger partial charge in [-0.2, -0.15) is 4.31 Å². The summed E-state index contributed by atoms with van der Waals surface area (Å²) in [5, 5.41) is 0. The molecule has 0 unspecified atom stereocenters. The van der Waals surface area contributed by atoms with Gasteiger partial charge in [-0.1, -0.05) is 24.8 Å². The quantitative estimate of drug-likeness (QED) is 0.674. The molecule has 0 aliphatic carbocycles. The average molecular weight is 365 g/mol. The predicted octanol–water partition coefficient (Wildman–Crippen LogP) is 3.22. The molecule has 0 bridgehead atoms. The Labute approximate surface area is 147 Å². The van der Waals surface area contributed by atoms with Crippen LogP contribution in [0.1, 0.15) is 5.56 Å². The lowest BCUT2D eigenvalue weighted by molar-refractivity contribution is 0.362. The molecule has 2 aromatic carbocycles. The summed E-state index contributed by atoms with van der Waals surface area (Å²) >= 11 is 0. The molecule has 0 saturated carbocycles. The zero-order valence-electron chi connectivity index (χ0n) is 14.1. The van der Waals surface area contributed by atoms with E-state index in [0.29, 0.717) is 12.4 Å². The van der Waals surface area contributed by atoms with Crippen LogP contribution in [-0.2, 0) is 16.6 Å². The third-order valence-electron chi connectivity index (χ3n) is 3.50. The number of halogens is 1. The van der Waals surface area contributed by atoms with Gasteiger partial charge in [0.15, 0.2) is 11.6 Å². The molecule has 0 radical (unpaired) electrons. The second-order valence-corrected chi connectivity index (χ2v) is 7.35. The molecule has 0 atom stereocenters.